The second-order valence-corrected chi connectivity index (χ2v) is 5.00. The molecule has 0 N–H and O–H groups in total. The molecule has 0 amide bonds. The van der Waals surface area contributed by atoms with Crippen LogP contribution in [0.4, 0.5) is 0 Å². The van der Waals surface area contributed by atoms with E-state index in [0.717, 1.165) is 22.5 Å². The summed E-state index contributed by atoms with van der Waals surface area (Å²) in [5, 5.41) is 0.286. The zero-order valence-electron chi connectivity index (χ0n) is 7.21. The van der Waals surface area contributed by atoms with Gasteiger partial charge in [0.1, 0.15) is 0 Å². The summed E-state index contributed by atoms with van der Waals surface area (Å²) in [5.74, 6) is 0.743. The molecule has 2 rings (SSSR count). The van der Waals surface area contributed by atoms with Gasteiger partial charge < -0.3 is 0 Å². The maximum atomic E-state index is 6.20. The second kappa shape index (κ2) is 3.97. The van der Waals surface area contributed by atoms with E-state index in [9.17, 15) is 0 Å². The minimum atomic E-state index is 0.286. The number of alkyl halides is 1. The van der Waals surface area contributed by atoms with Crippen molar-refractivity contribution in [3.05, 3.63) is 28.5 Å². The van der Waals surface area contributed by atoms with Crippen LogP contribution in [-0.4, -0.2) is 10.4 Å². The highest BCUT2D eigenvalue weighted by molar-refractivity contribution is 9.10. The van der Waals surface area contributed by atoms with Crippen LogP contribution in [0.2, 0.25) is 0 Å². The molecular formula is C10H11BrClN. The average molecular weight is 261 g/mol. The van der Waals surface area contributed by atoms with Gasteiger partial charge in [-0.2, -0.15) is 0 Å². The molecule has 0 aliphatic heterocycles. The average Bonchev–Trinajstić information content (AvgIpc) is 2.91. The van der Waals surface area contributed by atoms with Crippen LogP contribution in [0.5, 0.6) is 0 Å². The summed E-state index contributed by atoms with van der Waals surface area (Å²) in [4.78, 5) is 4.30. The molecule has 1 nitrogen and oxygen atoms in total. The van der Waals surface area contributed by atoms with Gasteiger partial charge in [-0.3, -0.25) is 4.98 Å². The Hall–Kier alpha value is -0.0800. The lowest BCUT2D eigenvalue weighted by Crippen LogP contribution is -2.06. The summed E-state index contributed by atoms with van der Waals surface area (Å²) in [6.07, 6.45) is 5.32. The molecule has 1 fully saturated rings. The molecule has 1 aliphatic rings. The lowest BCUT2D eigenvalue weighted by molar-refractivity contribution is 0.724. The molecule has 1 heterocycles. The van der Waals surface area contributed by atoms with Crippen molar-refractivity contribution < 1.29 is 0 Å². The Bertz CT molecular complexity index is 281. The number of pyridine rings is 1. The molecule has 1 aromatic heterocycles. The first-order chi connectivity index (χ1) is 6.25. The van der Waals surface area contributed by atoms with Crippen LogP contribution < -0.4 is 0 Å². The predicted molar refractivity (Wildman–Crippen MR) is 58.0 cm³/mol. The summed E-state index contributed by atoms with van der Waals surface area (Å²) in [6.45, 7) is 0. The Balaban J connectivity index is 1.96. The Kier molecular flexibility index (Phi) is 2.89. The standard InChI is InChI=1S/C10H11BrClN/c11-8-3-4-9(13-6-8)5-10(12)7-1-2-7/h3-4,6-7,10H,1-2,5H2. The van der Waals surface area contributed by atoms with E-state index >= 15 is 0 Å². The van der Waals surface area contributed by atoms with Gasteiger partial charge in [0.05, 0.1) is 0 Å². The Morgan fingerprint density at radius 3 is 2.85 bits per heavy atom. The molecule has 1 aliphatic carbocycles. The van der Waals surface area contributed by atoms with Crippen LogP contribution >= 0.6 is 27.5 Å². The molecule has 0 spiro atoms. The van der Waals surface area contributed by atoms with Crippen molar-refractivity contribution in [2.24, 2.45) is 5.92 Å². The quantitative estimate of drug-likeness (QED) is 0.759. The third-order valence-electron chi connectivity index (χ3n) is 2.33. The number of aromatic nitrogens is 1. The van der Waals surface area contributed by atoms with E-state index in [1.807, 2.05) is 18.3 Å². The number of nitrogens with zero attached hydrogens (tertiary/aromatic N) is 1. The summed E-state index contributed by atoms with van der Waals surface area (Å²) in [7, 11) is 0. The van der Waals surface area contributed by atoms with E-state index < -0.39 is 0 Å². The lowest BCUT2D eigenvalue weighted by Gasteiger charge is -2.06. The van der Waals surface area contributed by atoms with Crippen LogP contribution in [0.25, 0.3) is 0 Å². The minimum absolute atomic E-state index is 0.286. The number of halogens is 2. The van der Waals surface area contributed by atoms with Crippen LogP contribution in [0.15, 0.2) is 22.8 Å². The highest BCUT2D eigenvalue weighted by atomic mass is 79.9. The highest BCUT2D eigenvalue weighted by Crippen LogP contribution is 2.36. The molecule has 0 bridgehead atoms. The summed E-state index contributed by atoms with van der Waals surface area (Å²) < 4.78 is 1.02. The molecule has 0 aromatic carbocycles. The van der Waals surface area contributed by atoms with Crippen molar-refractivity contribution in [1.29, 1.82) is 0 Å². The Morgan fingerprint density at radius 2 is 2.31 bits per heavy atom. The second-order valence-electron chi connectivity index (χ2n) is 3.53. The topological polar surface area (TPSA) is 12.9 Å². The zero-order chi connectivity index (χ0) is 9.26. The van der Waals surface area contributed by atoms with Gasteiger partial charge in [-0.25, -0.2) is 0 Å². The maximum Gasteiger partial charge on any atom is 0.0419 e. The van der Waals surface area contributed by atoms with Gasteiger partial charge in [0.2, 0.25) is 0 Å². The van der Waals surface area contributed by atoms with Crippen LogP contribution in [0.3, 0.4) is 0 Å². The van der Waals surface area contributed by atoms with Gasteiger partial charge in [0.15, 0.2) is 0 Å². The normalized spacial score (nSPS) is 18.6. The molecule has 0 radical (unpaired) electrons. The summed E-state index contributed by atoms with van der Waals surface area (Å²) in [5.41, 5.74) is 1.09. The molecular weight excluding hydrogens is 249 g/mol. The number of hydrogen-bond donors (Lipinski definition) is 0. The first-order valence-corrected chi connectivity index (χ1v) is 5.73. The molecule has 0 saturated heterocycles. The largest absolute Gasteiger partial charge is 0.260 e. The number of hydrogen-bond acceptors (Lipinski definition) is 1. The van der Waals surface area contributed by atoms with Crippen LogP contribution in [0, 0.1) is 5.92 Å². The van der Waals surface area contributed by atoms with Crippen molar-refractivity contribution in [3.63, 3.8) is 0 Å². The van der Waals surface area contributed by atoms with Gasteiger partial charge in [-0.05, 0) is 46.8 Å². The first-order valence-electron chi connectivity index (χ1n) is 4.50. The van der Waals surface area contributed by atoms with Crippen LogP contribution in [-0.2, 0) is 6.42 Å². The Morgan fingerprint density at radius 1 is 1.54 bits per heavy atom. The van der Waals surface area contributed by atoms with Gasteiger partial charge in [0, 0.05) is 28.2 Å². The van der Waals surface area contributed by atoms with Gasteiger partial charge >= 0.3 is 0 Å². The van der Waals surface area contributed by atoms with Crippen molar-refractivity contribution in [1.82, 2.24) is 4.98 Å². The predicted octanol–water partition coefficient (Wildman–Crippen LogP) is 3.40. The molecule has 1 unspecified atom stereocenters. The van der Waals surface area contributed by atoms with E-state index in [1.165, 1.54) is 12.8 Å². The van der Waals surface area contributed by atoms with Crippen molar-refractivity contribution >= 4 is 27.5 Å². The fourth-order valence-electron chi connectivity index (χ4n) is 1.35. The maximum absolute atomic E-state index is 6.20. The van der Waals surface area contributed by atoms with Gasteiger partial charge in [0.25, 0.3) is 0 Å². The van der Waals surface area contributed by atoms with Gasteiger partial charge in [-0.1, -0.05) is 0 Å². The summed E-state index contributed by atoms with van der Waals surface area (Å²) >= 11 is 9.56. The molecule has 1 saturated carbocycles. The molecule has 3 heteroatoms. The third kappa shape index (κ3) is 2.68. The lowest BCUT2D eigenvalue weighted by atomic mass is 10.1. The Labute approximate surface area is 91.6 Å². The van der Waals surface area contributed by atoms with E-state index in [0.29, 0.717) is 0 Å². The fraction of sp³-hybridized carbons (Fsp3) is 0.500. The fourth-order valence-corrected chi connectivity index (χ4v) is 2.00. The van der Waals surface area contributed by atoms with E-state index in [2.05, 4.69) is 20.9 Å². The SMILES string of the molecule is ClC(Cc1ccc(Br)cn1)C1CC1. The highest BCUT2D eigenvalue weighted by Gasteiger charge is 2.29. The monoisotopic (exact) mass is 259 g/mol. The smallest absolute Gasteiger partial charge is 0.0419 e. The molecule has 13 heavy (non-hydrogen) atoms. The van der Waals surface area contributed by atoms with Crippen molar-refractivity contribution in [3.8, 4) is 0 Å². The summed E-state index contributed by atoms with van der Waals surface area (Å²) in [6, 6.07) is 4.04. The van der Waals surface area contributed by atoms with E-state index in [1.54, 1.807) is 0 Å². The van der Waals surface area contributed by atoms with E-state index in [-0.39, 0.29) is 5.38 Å². The minimum Gasteiger partial charge on any atom is -0.260 e. The first kappa shape index (κ1) is 9.47. The van der Waals surface area contributed by atoms with Gasteiger partial charge in [-0.15, -0.1) is 11.6 Å². The van der Waals surface area contributed by atoms with Crippen molar-refractivity contribution in [2.75, 3.05) is 0 Å². The van der Waals surface area contributed by atoms with Crippen molar-refractivity contribution in [2.45, 2.75) is 24.6 Å². The molecule has 1 atom stereocenters. The number of rotatable bonds is 3. The van der Waals surface area contributed by atoms with E-state index in [4.69, 9.17) is 11.6 Å². The molecule has 1 aromatic rings. The van der Waals surface area contributed by atoms with Crippen LogP contribution in [0.1, 0.15) is 18.5 Å². The zero-order valence-corrected chi connectivity index (χ0v) is 9.55. The third-order valence-corrected chi connectivity index (χ3v) is 3.31. The molecule has 70 valence electrons.